The van der Waals surface area contributed by atoms with Crippen LogP contribution in [0.4, 0.5) is 0 Å². The SMILES string of the molecule is CCCC(=O)NCCCc1nc2ccccc2n1CCCCOc1ccc(Cl)c(C)c1. The van der Waals surface area contributed by atoms with Crippen LogP contribution in [-0.2, 0) is 17.8 Å². The second-order valence-corrected chi connectivity index (χ2v) is 8.25. The molecule has 0 saturated carbocycles. The smallest absolute Gasteiger partial charge is 0.219 e. The lowest BCUT2D eigenvalue weighted by Gasteiger charge is -2.11. The molecule has 3 rings (SSSR count). The lowest BCUT2D eigenvalue weighted by molar-refractivity contribution is -0.121. The van der Waals surface area contributed by atoms with Crippen molar-refractivity contribution >= 4 is 28.5 Å². The Morgan fingerprint density at radius 2 is 2.00 bits per heavy atom. The van der Waals surface area contributed by atoms with E-state index in [1.807, 2.05) is 38.1 Å². The molecule has 31 heavy (non-hydrogen) atoms. The number of fused-ring (bicyclic) bond motifs is 1. The Balaban J connectivity index is 1.51. The number of para-hydroxylation sites is 2. The summed E-state index contributed by atoms with van der Waals surface area (Å²) in [6.07, 6.45) is 5.17. The second kappa shape index (κ2) is 11.8. The molecule has 0 unspecified atom stereocenters. The Bertz CT molecular complexity index is 1000. The molecule has 0 saturated heterocycles. The third kappa shape index (κ3) is 6.73. The Labute approximate surface area is 189 Å². The maximum absolute atomic E-state index is 11.7. The normalized spacial score (nSPS) is 11.1. The zero-order valence-electron chi connectivity index (χ0n) is 18.5. The fourth-order valence-corrected chi connectivity index (χ4v) is 3.74. The molecule has 6 heteroatoms. The third-order valence-corrected chi connectivity index (χ3v) is 5.71. The molecule has 1 N–H and O–H groups in total. The first-order valence-electron chi connectivity index (χ1n) is 11.2. The van der Waals surface area contributed by atoms with Crippen LogP contribution in [0, 0.1) is 6.92 Å². The summed E-state index contributed by atoms with van der Waals surface area (Å²) in [6.45, 7) is 6.27. The van der Waals surface area contributed by atoms with Crippen molar-refractivity contribution in [2.45, 2.75) is 58.9 Å². The van der Waals surface area contributed by atoms with E-state index in [-0.39, 0.29) is 5.91 Å². The van der Waals surface area contributed by atoms with Gasteiger partial charge in [0.25, 0.3) is 0 Å². The molecule has 2 aromatic carbocycles. The van der Waals surface area contributed by atoms with Gasteiger partial charge in [-0.05, 0) is 68.5 Å². The number of imidazole rings is 1. The number of unbranched alkanes of at least 4 members (excludes halogenated alkanes) is 1. The molecule has 0 atom stereocenters. The van der Waals surface area contributed by atoms with Crippen LogP contribution in [0.3, 0.4) is 0 Å². The van der Waals surface area contributed by atoms with E-state index in [4.69, 9.17) is 21.3 Å². The molecule has 0 spiro atoms. The first-order valence-corrected chi connectivity index (χ1v) is 11.6. The highest BCUT2D eigenvalue weighted by atomic mass is 35.5. The molecule has 5 nitrogen and oxygen atoms in total. The van der Waals surface area contributed by atoms with Crippen molar-refractivity contribution in [3.05, 3.63) is 58.9 Å². The van der Waals surface area contributed by atoms with Crippen molar-refractivity contribution in [3.8, 4) is 5.75 Å². The number of nitrogens with one attached hydrogen (secondary N) is 1. The molecule has 0 aliphatic heterocycles. The maximum atomic E-state index is 11.7. The zero-order valence-corrected chi connectivity index (χ0v) is 19.3. The van der Waals surface area contributed by atoms with E-state index in [1.165, 1.54) is 5.52 Å². The molecule has 1 amide bonds. The van der Waals surface area contributed by atoms with Crippen molar-refractivity contribution in [3.63, 3.8) is 0 Å². The number of carbonyl (C=O) groups is 1. The molecule has 0 aliphatic carbocycles. The van der Waals surface area contributed by atoms with E-state index < -0.39 is 0 Å². The standard InChI is InChI=1S/C25H32ClN3O2/c1-3-9-25(30)27-15-8-12-24-28-22-10-4-5-11-23(22)29(24)16-6-7-17-31-20-13-14-21(26)19(2)18-20/h4-5,10-11,13-14,18H,3,6-9,12,15-17H2,1-2H3,(H,27,30). The zero-order chi connectivity index (χ0) is 22.1. The minimum Gasteiger partial charge on any atom is -0.494 e. The van der Waals surface area contributed by atoms with Crippen molar-refractivity contribution in [1.82, 2.24) is 14.9 Å². The van der Waals surface area contributed by atoms with Crippen LogP contribution in [-0.4, -0.2) is 28.6 Å². The summed E-state index contributed by atoms with van der Waals surface area (Å²) < 4.78 is 8.19. The van der Waals surface area contributed by atoms with Crippen LogP contribution in [0.1, 0.15) is 50.4 Å². The molecular formula is C25H32ClN3O2. The molecule has 0 fully saturated rings. The van der Waals surface area contributed by atoms with Crippen LogP contribution >= 0.6 is 11.6 Å². The van der Waals surface area contributed by atoms with E-state index in [1.54, 1.807) is 0 Å². The molecule has 0 bridgehead atoms. The number of hydrogen-bond acceptors (Lipinski definition) is 3. The lowest BCUT2D eigenvalue weighted by Crippen LogP contribution is -2.24. The second-order valence-electron chi connectivity index (χ2n) is 7.84. The number of nitrogens with zero attached hydrogens (tertiary/aromatic N) is 2. The van der Waals surface area contributed by atoms with Gasteiger partial charge < -0.3 is 14.6 Å². The van der Waals surface area contributed by atoms with Crippen molar-refractivity contribution in [2.75, 3.05) is 13.2 Å². The Hall–Kier alpha value is -2.53. The summed E-state index contributed by atoms with van der Waals surface area (Å²) in [5.74, 6) is 2.08. The number of benzene rings is 2. The van der Waals surface area contributed by atoms with Gasteiger partial charge in [-0.2, -0.15) is 0 Å². The summed E-state index contributed by atoms with van der Waals surface area (Å²) in [5.41, 5.74) is 3.22. The number of aryl methyl sites for hydroxylation is 3. The van der Waals surface area contributed by atoms with Gasteiger partial charge in [0.1, 0.15) is 11.6 Å². The number of amides is 1. The summed E-state index contributed by atoms with van der Waals surface area (Å²) in [5, 5.41) is 3.75. The highest BCUT2D eigenvalue weighted by Crippen LogP contribution is 2.22. The average Bonchev–Trinajstić information content (AvgIpc) is 3.11. The van der Waals surface area contributed by atoms with E-state index >= 15 is 0 Å². The predicted octanol–water partition coefficient (Wildman–Crippen LogP) is 5.71. The molecule has 0 radical (unpaired) electrons. The van der Waals surface area contributed by atoms with Gasteiger partial charge in [0, 0.05) is 31.0 Å². The fraction of sp³-hybridized carbons (Fsp3) is 0.440. The van der Waals surface area contributed by atoms with Crippen LogP contribution in [0.2, 0.25) is 5.02 Å². The fourth-order valence-electron chi connectivity index (χ4n) is 3.62. The van der Waals surface area contributed by atoms with Gasteiger partial charge in [-0.1, -0.05) is 30.7 Å². The lowest BCUT2D eigenvalue weighted by atomic mass is 10.2. The molecule has 3 aromatic rings. The average molecular weight is 442 g/mol. The number of halogens is 1. The molecule has 0 aliphatic rings. The van der Waals surface area contributed by atoms with Crippen molar-refractivity contribution < 1.29 is 9.53 Å². The number of aromatic nitrogens is 2. The third-order valence-electron chi connectivity index (χ3n) is 5.28. The number of rotatable bonds is 12. The highest BCUT2D eigenvalue weighted by Gasteiger charge is 2.10. The van der Waals surface area contributed by atoms with E-state index in [0.29, 0.717) is 19.6 Å². The Morgan fingerprint density at radius 3 is 2.81 bits per heavy atom. The number of hydrogen-bond donors (Lipinski definition) is 1. The molecular weight excluding hydrogens is 410 g/mol. The van der Waals surface area contributed by atoms with Gasteiger partial charge in [-0.3, -0.25) is 4.79 Å². The Kier molecular flexibility index (Phi) is 8.77. The number of carbonyl (C=O) groups excluding carboxylic acids is 1. The minimum atomic E-state index is 0.131. The summed E-state index contributed by atoms with van der Waals surface area (Å²) in [7, 11) is 0. The molecule has 1 heterocycles. The maximum Gasteiger partial charge on any atom is 0.219 e. The molecule has 1 aromatic heterocycles. The predicted molar refractivity (Wildman–Crippen MR) is 127 cm³/mol. The van der Waals surface area contributed by atoms with Crippen molar-refractivity contribution in [1.29, 1.82) is 0 Å². The molecule has 166 valence electrons. The topological polar surface area (TPSA) is 56.2 Å². The van der Waals surface area contributed by atoms with Crippen LogP contribution < -0.4 is 10.1 Å². The first kappa shape index (κ1) is 23.1. The Morgan fingerprint density at radius 1 is 1.16 bits per heavy atom. The summed E-state index contributed by atoms with van der Waals surface area (Å²) in [6, 6.07) is 14.0. The highest BCUT2D eigenvalue weighted by molar-refractivity contribution is 6.31. The van der Waals surface area contributed by atoms with Gasteiger partial charge in [-0.15, -0.1) is 0 Å². The van der Waals surface area contributed by atoms with E-state index in [0.717, 1.165) is 66.3 Å². The monoisotopic (exact) mass is 441 g/mol. The van der Waals surface area contributed by atoms with E-state index in [9.17, 15) is 4.79 Å². The summed E-state index contributed by atoms with van der Waals surface area (Å²) in [4.78, 5) is 16.5. The first-order chi connectivity index (χ1) is 15.1. The van der Waals surface area contributed by atoms with Crippen molar-refractivity contribution in [2.24, 2.45) is 0 Å². The van der Waals surface area contributed by atoms with E-state index in [2.05, 4.69) is 28.1 Å². The van der Waals surface area contributed by atoms with Crippen LogP contribution in [0.25, 0.3) is 11.0 Å². The number of ether oxygens (including phenoxy) is 1. The largest absolute Gasteiger partial charge is 0.494 e. The van der Waals surface area contributed by atoms with Crippen LogP contribution in [0.5, 0.6) is 5.75 Å². The van der Waals surface area contributed by atoms with Gasteiger partial charge in [0.2, 0.25) is 5.91 Å². The van der Waals surface area contributed by atoms with Gasteiger partial charge in [0.05, 0.1) is 17.6 Å². The minimum absolute atomic E-state index is 0.131. The van der Waals surface area contributed by atoms with Gasteiger partial charge in [-0.25, -0.2) is 4.98 Å². The van der Waals surface area contributed by atoms with Crippen LogP contribution in [0.15, 0.2) is 42.5 Å². The van der Waals surface area contributed by atoms with Gasteiger partial charge in [0.15, 0.2) is 0 Å². The quantitative estimate of drug-likeness (QED) is 0.366. The van der Waals surface area contributed by atoms with Gasteiger partial charge >= 0.3 is 0 Å². The summed E-state index contributed by atoms with van der Waals surface area (Å²) >= 11 is 6.07.